The predicted molar refractivity (Wildman–Crippen MR) is 47.8 cm³/mol. The minimum Gasteiger partial charge on any atom is -0.288 e. The molecule has 3 nitrogen and oxygen atoms in total. The van der Waals surface area contributed by atoms with Crippen molar-refractivity contribution in [3.63, 3.8) is 0 Å². The first-order chi connectivity index (χ1) is 5.63. The van der Waals surface area contributed by atoms with Crippen molar-refractivity contribution >= 4 is 5.91 Å². The average Bonchev–Trinajstić information content (AvgIpc) is 2.11. The van der Waals surface area contributed by atoms with E-state index in [4.69, 9.17) is 5.21 Å². The summed E-state index contributed by atoms with van der Waals surface area (Å²) in [5.41, 5.74) is 3.29. The highest BCUT2D eigenvalue weighted by Gasteiger charge is 2.05. The number of carbonyl (C=O) groups is 1. The molecule has 0 fully saturated rings. The van der Waals surface area contributed by atoms with Gasteiger partial charge in [-0.15, -0.1) is 0 Å². The van der Waals surface area contributed by atoms with Crippen molar-refractivity contribution in [2.24, 2.45) is 0 Å². The van der Waals surface area contributed by atoms with Gasteiger partial charge in [0, 0.05) is 5.57 Å². The maximum absolute atomic E-state index is 10.9. The number of carbonyl (C=O) groups excluding carboxylic acids is 1. The fourth-order valence-electron chi connectivity index (χ4n) is 0.907. The summed E-state index contributed by atoms with van der Waals surface area (Å²) in [5.74, 6) is -0.399. The molecule has 0 heterocycles. The van der Waals surface area contributed by atoms with Gasteiger partial charge in [0.1, 0.15) is 0 Å². The molecule has 0 aliphatic heterocycles. The van der Waals surface area contributed by atoms with Crippen LogP contribution in [-0.4, -0.2) is 11.1 Å². The lowest BCUT2D eigenvalue weighted by atomic mass is 10.1. The molecule has 0 aromatic rings. The van der Waals surface area contributed by atoms with Crippen molar-refractivity contribution in [1.29, 1.82) is 0 Å². The number of hydrogen-bond donors (Lipinski definition) is 2. The summed E-state index contributed by atoms with van der Waals surface area (Å²) in [6, 6.07) is 0. The molecule has 0 bridgehead atoms. The Morgan fingerprint density at radius 2 is 2.00 bits per heavy atom. The summed E-state index contributed by atoms with van der Waals surface area (Å²) in [4.78, 5) is 10.9. The lowest BCUT2D eigenvalue weighted by Crippen LogP contribution is -2.20. The standard InChI is InChI=1S/C9H17NO2/c1-4-5-6-7(2)8(3)9(11)10-12/h12H,4-6H2,1-3H3,(H,10,11). The van der Waals surface area contributed by atoms with Crippen LogP contribution in [0.4, 0.5) is 0 Å². The largest absolute Gasteiger partial charge is 0.288 e. The Balaban J connectivity index is 4.15. The Morgan fingerprint density at radius 1 is 1.42 bits per heavy atom. The maximum atomic E-state index is 10.9. The molecule has 0 aliphatic carbocycles. The second-order valence-electron chi connectivity index (χ2n) is 2.95. The second kappa shape index (κ2) is 5.77. The minimum absolute atomic E-state index is 0.399. The molecule has 0 spiro atoms. The van der Waals surface area contributed by atoms with E-state index < -0.39 is 5.91 Å². The van der Waals surface area contributed by atoms with Crippen LogP contribution in [0.15, 0.2) is 11.1 Å². The van der Waals surface area contributed by atoms with Crippen LogP contribution in [0.25, 0.3) is 0 Å². The fraction of sp³-hybridized carbons (Fsp3) is 0.667. The number of nitrogens with one attached hydrogen (secondary N) is 1. The van der Waals surface area contributed by atoms with Gasteiger partial charge in [0.2, 0.25) is 0 Å². The summed E-state index contributed by atoms with van der Waals surface area (Å²) in [7, 11) is 0. The molecule has 12 heavy (non-hydrogen) atoms. The van der Waals surface area contributed by atoms with Gasteiger partial charge in [-0.1, -0.05) is 18.9 Å². The molecule has 0 radical (unpaired) electrons. The predicted octanol–water partition coefficient (Wildman–Crippen LogP) is 2.02. The Morgan fingerprint density at radius 3 is 2.42 bits per heavy atom. The molecule has 0 aromatic heterocycles. The third-order valence-electron chi connectivity index (χ3n) is 1.99. The van der Waals surface area contributed by atoms with Crippen molar-refractivity contribution in [3.05, 3.63) is 11.1 Å². The third-order valence-corrected chi connectivity index (χ3v) is 1.99. The van der Waals surface area contributed by atoms with Crippen LogP contribution < -0.4 is 5.48 Å². The van der Waals surface area contributed by atoms with Gasteiger partial charge in [-0.25, -0.2) is 5.48 Å². The van der Waals surface area contributed by atoms with Crippen LogP contribution in [0.3, 0.4) is 0 Å². The van der Waals surface area contributed by atoms with E-state index in [9.17, 15) is 4.79 Å². The van der Waals surface area contributed by atoms with Crippen molar-refractivity contribution in [3.8, 4) is 0 Å². The van der Waals surface area contributed by atoms with Gasteiger partial charge in [-0.05, 0) is 26.7 Å². The highest BCUT2D eigenvalue weighted by molar-refractivity contribution is 5.92. The zero-order chi connectivity index (χ0) is 9.56. The summed E-state index contributed by atoms with van der Waals surface area (Å²) in [5, 5.41) is 8.35. The SMILES string of the molecule is CCCCC(C)=C(C)C(=O)NO. The van der Waals surface area contributed by atoms with Crippen molar-refractivity contribution in [1.82, 2.24) is 5.48 Å². The Labute approximate surface area is 73.4 Å². The monoisotopic (exact) mass is 171 g/mol. The smallest absolute Gasteiger partial charge is 0.270 e. The van der Waals surface area contributed by atoms with Gasteiger partial charge in [-0.2, -0.15) is 0 Å². The summed E-state index contributed by atoms with van der Waals surface area (Å²) in [6.07, 6.45) is 3.13. The van der Waals surface area contributed by atoms with E-state index in [1.54, 1.807) is 12.4 Å². The normalized spacial score (nSPS) is 12.3. The lowest BCUT2D eigenvalue weighted by Gasteiger charge is -2.04. The number of unbranched alkanes of at least 4 members (excludes halogenated alkanes) is 1. The molecule has 0 aromatic carbocycles. The fourth-order valence-corrected chi connectivity index (χ4v) is 0.907. The van der Waals surface area contributed by atoms with E-state index in [-0.39, 0.29) is 0 Å². The van der Waals surface area contributed by atoms with Crippen molar-refractivity contribution < 1.29 is 10.0 Å². The number of hydrogen-bond acceptors (Lipinski definition) is 2. The van der Waals surface area contributed by atoms with Gasteiger partial charge in [0.25, 0.3) is 5.91 Å². The Hall–Kier alpha value is -0.830. The molecule has 0 rings (SSSR count). The first kappa shape index (κ1) is 11.2. The molecule has 0 saturated carbocycles. The van der Waals surface area contributed by atoms with E-state index in [0.29, 0.717) is 5.57 Å². The average molecular weight is 171 g/mol. The minimum atomic E-state index is -0.399. The number of allylic oxidation sites excluding steroid dienone is 1. The van der Waals surface area contributed by atoms with Crippen LogP contribution in [0, 0.1) is 0 Å². The molecule has 1 amide bonds. The van der Waals surface area contributed by atoms with Gasteiger partial charge in [0.15, 0.2) is 0 Å². The highest BCUT2D eigenvalue weighted by atomic mass is 16.5. The van der Waals surface area contributed by atoms with E-state index in [0.717, 1.165) is 24.8 Å². The zero-order valence-electron chi connectivity index (χ0n) is 7.98. The quantitative estimate of drug-likeness (QED) is 0.386. The van der Waals surface area contributed by atoms with E-state index in [1.807, 2.05) is 6.92 Å². The van der Waals surface area contributed by atoms with Gasteiger partial charge >= 0.3 is 0 Å². The van der Waals surface area contributed by atoms with Crippen LogP contribution in [0.5, 0.6) is 0 Å². The second-order valence-corrected chi connectivity index (χ2v) is 2.95. The van der Waals surface area contributed by atoms with Crippen LogP contribution in [-0.2, 0) is 4.79 Å². The third kappa shape index (κ3) is 3.53. The number of amides is 1. The zero-order valence-corrected chi connectivity index (χ0v) is 7.98. The summed E-state index contributed by atoms with van der Waals surface area (Å²) in [6.45, 7) is 5.74. The molecule has 3 heteroatoms. The molecule has 2 N–H and O–H groups in total. The topological polar surface area (TPSA) is 49.3 Å². The lowest BCUT2D eigenvalue weighted by molar-refractivity contribution is -0.125. The number of hydroxylamine groups is 1. The van der Waals surface area contributed by atoms with Crippen LogP contribution in [0.1, 0.15) is 40.0 Å². The number of rotatable bonds is 4. The molecular formula is C9H17NO2. The maximum Gasteiger partial charge on any atom is 0.270 e. The van der Waals surface area contributed by atoms with Gasteiger partial charge in [-0.3, -0.25) is 10.0 Å². The molecule has 0 saturated heterocycles. The Bertz CT molecular complexity index is 185. The summed E-state index contributed by atoms with van der Waals surface area (Å²) >= 11 is 0. The van der Waals surface area contributed by atoms with Crippen molar-refractivity contribution in [2.75, 3.05) is 0 Å². The van der Waals surface area contributed by atoms with Gasteiger partial charge < -0.3 is 0 Å². The molecular weight excluding hydrogens is 154 g/mol. The summed E-state index contributed by atoms with van der Waals surface area (Å²) < 4.78 is 0. The van der Waals surface area contributed by atoms with E-state index in [1.165, 1.54) is 0 Å². The van der Waals surface area contributed by atoms with Crippen LogP contribution >= 0.6 is 0 Å². The highest BCUT2D eigenvalue weighted by Crippen LogP contribution is 2.11. The molecule has 70 valence electrons. The van der Waals surface area contributed by atoms with E-state index in [2.05, 4.69) is 6.92 Å². The van der Waals surface area contributed by atoms with Crippen LogP contribution in [0.2, 0.25) is 0 Å². The first-order valence-corrected chi connectivity index (χ1v) is 4.24. The van der Waals surface area contributed by atoms with Gasteiger partial charge in [0.05, 0.1) is 0 Å². The first-order valence-electron chi connectivity index (χ1n) is 4.24. The Kier molecular flexibility index (Phi) is 5.37. The molecule has 0 unspecified atom stereocenters. The molecule has 0 atom stereocenters. The van der Waals surface area contributed by atoms with Crippen molar-refractivity contribution in [2.45, 2.75) is 40.0 Å². The molecule has 0 aliphatic rings. The van der Waals surface area contributed by atoms with E-state index >= 15 is 0 Å².